The standard InChI is InChI=1S/C20H20F3N5O/c1-12(29)24-15-7-8-19-25-17(11-28(19)10-15)14-5-3-13(4-6-14)16-9-18(20(21,22)23)27(2)26-16/h3-6,9,11,15H,7-8,10H2,1-2H3,(H,24,29). The van der Waals surface area contributed by atoms with Crippen molar-refractivity contribution in [3.63, 3.8) is 0 Å². The Kier molecular flexibility index (Phi) is 4.68. The van der Waals surface area contributed by atoms with E-state index in [2.05, 4.69) is 15.4 Å². The molecule has 0 bridgehead atoms. The van der Waals surface area contributed by atoms with Crippen LogP contribution in [0.15, 0.2) is 36.5 Å². The molecule has 3 heterocycles. The first-order valence-electron chi connectivity index (χ1n) is 9.26. The number of amides is 1. The minimum Gasteiger partial charge on any atom is -0.352 e. The lowest BCUT2D eigenvalue weighted by Crippen LogP contribution is -2.39. The molecule has 1 aromatic carbocycles. The molecular formula is C20H20F3N5O. The number of halogens is 3. The fraction of sp³-hybridized carbons (Fsp3) is 0.350. The van der Waals surface area contributed by atoms with Crippen LogP contribution < -0.4 is 5.32 Å². The number of nitrogens with zero attached hydrogens (tertiary/aromatic N) is 4. The van der Waals surface area contributed by atoms with Crippen molar-refractivity contribution in [2.45, 2.75) is 38.5 Å². The van der Waals surface area contributed by atoms with E-state index in [4.69, 9.17) is 0 Å². The van der Waals surface area contributed by atoms with E-state index in [0.29, 0.717) is 12.1 Å². The first-order chi connectivity index (χ1) is 13.7. The van der Waals surface area contributed by atoms with E-state index in [1.54, 1.807) is 12.1 Å². The van der Waals surface area contributed by atoms with Gasteiger partial charge in [0.05, 0.1) is 11.4 Å². The monoisotopic (exact) mass is 403 g/mol. The van der Waals surface area contributed by atoms with Crippen molar-refractivity contribution in [1.82, 2.24) is 24.6 Å². The third-order valence-corrected chi connectivity index (χ3v) is 5.05. The number of imidazole rings is 1. The topological polar surface area (TPSA) is 64.7 Å². The van der Waals surface area contributed by atoms with E-state index < -0.39 is 11.9 Å². The molecule has 1 atom stereocenters. The van der Waals surface area contributed by atoms with Gasteiger partial charge in [0.25, 0.3) is 0 Å². The lowest BCUT2D eigenvalue weighted by molar-refractivity contribution is -0.143. The van der Waals surface area contributed by atoms with Gasteiger partial charge in [-0.25, -0.2) is 4.98 Å². The highest BCUT2D eigenvalue weighted by Gasteiger charge is 2.35. The van der Waals surface area contributed by atoms with Crippen molar-refractivity contribution in [1.29, 1.82) is 0 Å². The fourth-order valence-electron chi connectivity index (χ4n) is 3.67. The maximum Gasteiger partial charge on any atom is 0.433 e. The molecule has 0 fully saturated rings. The Morgan fingerprint density at radius 3 is 2.41 bits per heavy atom. The van der Waals surface area contributed by atoms with Gasteiger partial charge in [-0.2, -0.15) is 18.3 Å². The van der Waals surface area contributed by atoms with E-state index in [-0.39, 0.29) is 17.6 Å². The van der Waals surface area contributed by atoms with Gasteiger partial charge in [0.2, 0.25) is 5.91 Å². The SMILES string of the molecule is CC(=O)NC1CCc2nc(-c3ccc(-c4cc(C(F)(F)F)n(C)n4)cc3)cn2C1. The molecule has 1 aliphatic heterocycles. The molecule has 0 saturated heterocycles. The summed E-state index contributed by atoms with van der Waals surface area (Å²) in [6.45, 7) is 2.18. The molecule has 29 heavy (non-hydrogen) atoms. The number of fused-ring (bicyclic) bond motifs is 1. The first-order valence-corrected chi connectivity index (χ1v) is 9.26. The van der Waals surface area contributed by atoms with Gasteiger partial charge in [-0.3, -0.25) is 9.48 Å². The number of aromatic nitrogens is 4. The second-order valence-electron chi connectivity index (χ2n) is 7.24. The van der Waals surface area contributed by atoms with Crippen LogP contribution >= 0.6 is 0 Å². The Bertz CT molecular complexity index is 1050. The second-order valence-corrected chi connectivity index (χ2v) is 7.24. The number of rotatable bonds is 3. The van der Waals surface area contributed by atoms with E-state index in [9.17, 15) is 18.0 Å². The number of hydrogen-bond acceptors (Lipinski definition) is 3. The maximum atomic E-state index is 13.0. The molecule has 3 aromatic rings. The molecule has 1 N–H and O–H groups in total. The van der Waals surface area contributed by atoms with Crippen LogP contribution in [0.25, 0.3) is 22.5 Å². The van der Waals surface area contributed by atoms with E-state index >= 15 is 0 Å². The molecule has 1 unspecified atom stereocenters. The average molecular weight is 403 g/mol. The Balaban J connectivity index is 1.55. The number of carbonyl (C=O) groups excluding carboxylic acids is 1. The van der Waals surface area contributed by atoms with Crippen molar-refractivity contribution >= 4 is 5.91 Å². The van der Waals surface area contributed by atoms with Crippen LogP contribution in [-0.4, -0.2) is 31.3 Å². The van der Waals surface area contributed by atoms with E-state index in [0.717, 1.165) is 40.7 Å². The quantitative estimate of drug-likeness (QED) is 0.729. The molecule has 0 aliphatic carbocycles. The zero-order valence-electron chi connectivity index (χ0n) is 16.0. The van der Waals surface area contributed by atoms with Crippen molar-refractivity contribution in [3.05, 3.63) is 48.0 Å². The summed E-state index contributed by atoms with van der Waals surface area (Å²) in [5, 5.41) is 6.91. The van der Waals surface area contributed by atoms with Gasteiger partial charge in [0.15, 0.2) is 0 Å². The lowest BCUT2D eigenvalue weighted by Gasteiger charge is -2.23. The lowest BCUT2D eigenvalue weighted by atomic mass is 10.1. The summed E-state index contributed by atoms with van der Waals surface area (Å²) in [5.74, 6) is 0.919. The highest BCUT2D eigenvalue weighted by molar-refractivity contribution is 5.73. The van der Waals surface area contributed by atoms with Gasteiger partial charge in [-0.05, 0) is 12.5 Å². The molecule has 4 rings (SSSR count). The van der Waals surface area contributed by atoms with Crippen molar-refractivity contribution in [2.24, 2.45) is 7.05 Å². The molecule has 9 heteroatoms. The zero-order valence-corrected chi connectivity index (χ0v) is 16.0. The third kappa shape index (κ3) is 3.90. The third-order valence-electron chi connectivity index (χ3n) is 5.05. The number of alkyl halides is 3. The minimum atomic E-state index is -4.44. The Labute approximate surface area is 165 Å². The van der Waals surface area contributed by atoms with Gasteiger partial charge in [0.1, 0.15) is 11.5 Å². The van der Waals surface area contributed by atoms with Crippen LogP contribution in [0, 0.1) is 0 Å². The summed E-state index contributed by atoms with van der Waals surface area (Å²) in [4.78, 5) is 15.9. The number of carbonyl (C=O) groups is 1. The predicted octanol–water partition coefficient (Wildman–Crippen LogP) is 3.42. The summed E-state index contributed by atoms with van der Waals surface area (Å²) in [6, 6.07) is 8.30. The van der Waals surface area contributed by atoms with Crippen molar-refractivity contribution in [3.8, 4) is 22.5 Å². The number of aryl methyl sites for hydroxylation is 2. The number of hydrogen-bond donors (Lipinski definition) is 1. The normalized spacial score (nSPS) is 16.5. The summed E-state index contributed by atoms with van der Waals surface area (Å²) < 4.78 is 41.8. The Morgan fingerprint density at radius 2 is 1.83 bits per heavy atom. The van der Waals surface area contributed by atoms with Crippen molar-refractivity contribution in [2.75, 3.05) is 0 Å². The van der Waals surface area contributed by atoms with Gasteiger partial charge in [-0.1, -0.05) is 24.3 Å². The first kappa shape index (κ1) is 19.2. The summed E-state index contributed by atoms with van der Waals surface area (Å²) >= 11 is 0. The summed E-state index contributed by atoms with van der Waals surface area (Å²) in [5.41, 5.74) is 1.76. The molecular weight excluding hydrogens is 383 g/mol. The smallest absolute Gasteiger partial charge is 0.352 e. The highest BCUT2D eigenvalue weighted by Crippen LogP contribution is 2.32. The van der Waals surface area contributed by atoms with E-state index in [1.807, 2.05) is 22.9 Å². The van der Waals surface area contributed by atoms with Gasteiger partial charge in [0, 0.05) is 50.3 Å². The van der Waals surface area contributed by atoms with Crippen LogP contribution in [0.3, 0.4) is 0 Å². The fourth-order valence-corrected chi connectivity index (χ4v) is 3.67. The van der Waals surface area contributed by atoms with Gasteiger partial charge >= 0.3 is 6.18 Å². The molecule has 1 aliphatic rings. The van der Waals surface area contributed by atoms with Crippen molar-refractivity contribution < 1.29 is 18.0 Å². The molecule has 0 saturated carbocycles. The Hall–Kier alpha value is -3.10. The molecule has 2 aromatic heterocycles. The van der Waals surface area contributed by atoms with Crippen LogP contribution in [-0.2, 0) is 31.0 Å². The summed E-state index contributed by atoms with van der Waals surface area (Å²) in [6.07, 6.45) is -0.876. The average Bonchev–Trinajstić information content (AvgIpc) is 3.24. The predicted molar refractivity (Wildman–Crippen MR) is 101 cm³/mol. The highest BCUT2D eigenvalue weighted by atomic mass is 19.4. The van der Waals surface area contributed by atoms with Gasteiger partial charge in [-0.15, -0.1) is 0 Å². The second kappa shape index (κ2) is 7.06. The van der Waals surface area contributed by atoms with Crippen LogP contribution in [0.5, 0.6) is 0 Å². The Morgan fingerprint density at radius 1 is 1.17 bits per heavy atom. The van der Waals surface area contributed by atoms with Crippen LogP contribution in [0.4, 0.5) is 13.2 Å². The largest absolute Gasteiger partial charge is 0.433 e. The maximum absolute atomic E-state index is 13.0. The van der Waals surface area contributed by atoms with Gasteiger partial charge < -0.3 is 9.88 Å². The molecule has 0 radical (unpaired) electrons. The molecule has 152 valence electrons. The number of nitrogens with one attached hydrogen (secondary N) is 1. The molecule has 0 spiro atoms. The number of benzene rings is 1. The summed E-state index contributed by atoms with van der Waals surface area (Å²) in [7, 11) is 1.28. The molecule has 1 amide bonds. The van der Waals surface area contributed by atoms with Crippen LogP contribution in [0.2, 0.25) is 0 Å². The van der Waals surface area contributed by atoms with E-state index in [1.165, 1.54) is 14.0 Å². The zero-order chi connectivity index (χ0) is 20.8. The van der Waals surface area contributed by atoms with Crippen LogP contribution in [0.1, 0.15) is 24.9 Å². The minimum absolute atomic E-state index is 0.0439. The molecule has 6 nitrogen and oxygen atoms in total.